The molecule has 0 bridgehead atoms. The highest BCUT2D eigenvalue weighted by Crippen LogP contribution is 2.29. The summed E-state index contributed by atoms with van der Waals surface area (Å²) in [4.78, 5) is 14.5. The molecule has 1 amide bonds. The first-order chi connectivity index (χ1) is 9.04. The second-order valence-electron chi connectivity index (χ2n) is 5.42. The fourth-order valence-corrected chi connectivity index (χ4v) is 2.55. The molecule has 104 valence electrons. The summed E-state index contributed by atoms with van der Waals surface area (Å²) in [5, 5.41) is 0. The highest BCUT2D eigenvalue weighted by Gasteiger charge is 2.28. The summed E-state index contributed by atoms with van der Waals surface area (Å²) < 4.78 is 5.26. The second kappa shape index (κ2) is 5.51. The minimum absolute atomic E-state index is 0.0197. The molecular weight excluding hydrogens is 240 g/mol. The van der Waals surface area contributed by atoms with E-state index in [0.717, 1.165) is 19.5 Å². The van der Waals surface area contributed by atoms with Crippen LogP contribution in [0.2, 0.25) is 0 Å². The van der Waals surface area contributed by atoms with Crippen molar-refractivity contribution < 1.29 is 9.53 Å². The third-order valence-electron chi connectivity index (χ3n) is 4.11. The van der Waals surface area contributed by atoms with Gasteiger partial charge in [-0.25, -0.2) is 0 Å². The molecular formula is C15H22N2O2. The Morgan fingerprint density at radius 3 is 2.74 bits per heavy atom. The Hall–Kier alpha value is -1.71. The first-order valence-corrected chi connectivity index (χ1v) is 6.76. The lowest BCUT2D eigenvalue weighted by Crippen LogP contribution is -2.42. The molecule has 1 fully saturated rings. The van der Waals surface area contributed by atoms with Crippen LogP contribution in [-0.4, -0.2) is 31.0 Å². The van der Waals surface area contributed by atoms with Crippen LogP contribution in [0.15, 0.2) is 18.2 Å². The number of carbonyl (C=O) groups excluding carboxylic acids is 1. The normalized spacial score (nSPS) is 23.2. The van der Waals surface area contributed by atoms with Crippen molar-refractivity contribution in [2.45, 2.75) is 20.3 Å². The van der Waals surface area contributed by atoms with Crippen LogP contribution in [0.1, 0.15) is 30.6 Å². The number of ether oxygens (including phenoxy) is 1. The summed E-state index contributed by atoms with van der Waals surface area (Å²) in [5.74, 6) is 1.72. The molecule has 2 atom stereocenters. The largest absolute Gasteiger partial charge is 0.496 e. The van der Waals surface area contributed by atoms with Crippen molar-refractivity contribution in [3.05, 3.63) is 23.8 Å². The third kappa shape index (κ3) is 2.67. The average Bonchev–Trinajstić information content (AvgIpc) is 2.40. The Balaban J connectivity index is 2.25. The van der Waals surface area contributed by atoms with E-state index in [1.807, 2.05) is 4.90 Å². The zero-order chi connectivity index (χ0) is 14.0. The molecule has 2 rings (SSSR count). The van der Waals surface area contributed by atoms with Gasteiger partial charge in [0.15, 0.2) is 0 Å². The number of hydrogen-bond donors (Lipinski definition) is 1. The Bertz CT molecular complexity index is 473. The van der Waals surface area contributed by atoms with Crippen molar-refractivity contribution >= 4 is 11.6 Å². The van der Waals surface area contributed by atoms with Gasteiger partial charge in [0, 0.05) is 18.8 Å². The number of anilines is 1. The Labute approximate surface area is 114 Å². The van der Waals surface area contributed by atoms with E-state index in [9.17, 15) is 4.79 Å². The molecule has 1 aliphatic heterocycles. The molecule has 19 heavy (non-hydrogen) atoms. The number of carbonyl (C=O) groups is 1. The lowest BCUT2D eigenvalue weighted by molar-refractivity contribution is 0.0625. The quantitative estimate of drug-likeness (QED) is 0.833. The number of nitrogens with zero attached hydrogens (tertiary/aromatic N) is 1. The molecule has 2 N–H and O–H groups in total. The molecule has 1 aromatic carbocycles. The number of hydrogen-bond acceptors (Lipinski definition) is 3. The van der Waals surface area contributed by atoms with E-state index >= 15 is 0 Å². The number of methoxy groups -OCH3 is 1. The van der Waals surface area contributed by atoms with Crippen LogP contribution in [0.4, 0.5) is 5.69 Å². The van der Waals surface area contributed by atoms with Gasteiger partial charge in [0.2, 0.25) is 0 Å². The molecule has 2 unspecified atom stereocenters. The minimum atomic E-state index is -0.0197. The lowest BCUT2D eigenvalue weighted by atomic mass is 9.88. The fourth-order valence-electron chi connectivity index (χ4n) is 2.55. The molecule has 1 aromatic rings. The molecule has 0 aliphatic carbocycles. The minimum Gasteiger partial charge on any atom is -0.496 e. The highest BCUT2D eigenvalue weighted by atomic mass is 16.5. The zero-order valence-electron chi connectivity index (χ0n) is 11.8. The van der Waals surface area contributed by atoms with Gasteiger partial charge < -0.3 is 15.4 Å². The Kier molecular flexibility index (Phi) is 3.98. The summed E-state index contributed by atoms with van der Waals surface area (Å²) in [5.41, 5.74) is 6.91. The second-order valence-corrected chi connectivity index (χ2v) is 5.42. The summed E-state index contributed by atoms with van der Waals surface area (Å²) in [6.07, 6.45) is 1.04. The fraction of sp³-hybridized carbons (Fsp3) is 0.533. The van der Waals surface area contributed by atoms with Crippen LogP contribution in [0.25, 0.3) is 0 Å². The predicted octanol–water partition coefficient (Wildman–Crippen LogP) is 2.40. The maximum Gasteiger partial charge on any atom is 0.259 e. The van der Waals surface area contributed by atoms with Gasteiger partial charge in [-0.1, -0.05) is 19.9 Å². The first kappa shape index (κ1) is 13.7. The molecule has 0 spiro atoms. The van der Waals surface area contributed by atoms with Crippen molar-refractivity contribution in [1.29, 1.82) is 0 Å². The average molecular weight is 262 g/mol. The van der Waals surface area contributed by atoms with Gasteiger partial charge in [-0.15, -0.1) is 0 Å². The van der Waals surface area contributed by atoms with E-state index in [-0.39, 0.29) is 5.91 Å². The molecule has 0 aromatic heterocycles. The number of piperidine rings is 1. The maximum absolute atomic E-state index is 12.6. The lowest BCUT2D eigenvalue weighted by Gasteiger charge is -2.35. The van der Waals surface area contributed by atoms with Gasteiger partial charge in [0.05, 0.1) is 7.11 Å². The van der Waals surface area contributed by atoms with Crippen LogP contribution in [0.3, 0.4) is 0 Å². The van der Waals surface area contributed by atoms with Crippen LogP contribution in [-0.2, 0) is 0 Å². The van der Waals surface area contributed by atoms with Gasteiger partial charge in [-0.3, -0.25) is 4.79 Å². The van der Waals surface area contributed by atoms with Crippen molar-refractivity contribution in [3.63, 3.8) is 0 Å². The van der Waals surface area contributed by atoms with Crippen molar-refractivity contribution in [2.24, 2.45) is 11.8 Å². The van der Waals surface area contributed by atoms with Gasteiger partial charge in [0.1, 0.15) is 11.3 Å². The van der Waals surface area contributed by atoms with E-state index in [1.165, 1.54) is 0 Å². The highest BCUT2D eigenvalue weighted by molar-refractivity contribution is 6.01. The van der Waals surface area contributed by atoms with Crippen LogP contribution < -0.4 is 10.5 Å². The Morgan fingerprint density at radius 1 is 1.37 bits per heavy atom. The number of benzene rings is 1. The van der Waals surface area contributed by atoms with Crippen molar-refractivity contribution in [1.82, 2.24) is 4.90 Å². The van der Waals surface area contributed by atoms with Crippen molar-refractivity contribution in [3.8, 4) is 5.75 Å². The standard InChI is InChI=1S/C15H22N2O2/c1-10-7-8-17(9-11(10)2)15(18)14-12(16)5-4-6-13(14)19-3/h4-6,10-11H,7-9,16H2,1-3H3. The van der Waals surface area contributed by atoms with E-state index in [2.05, 4.69) is 13.8 Å². The predicted molar refractivity (Wildman–Crippen MR) is 76.3 cm³/mol. The van der Waals surface area contributed by atoms with E-state index < -0.39 is 0 Å². The summed E-state index contributed by atoms with van der Waals surface area (Å²) in [7, 11) is 1.56. The van der Waals surface area contributed by atoms with Crippen molar-refractivity contribution in [2.75, 3.05) is 25.9 Å². The number of rotatable bonds is 2. The van der Waals surface area contributed by atoms with E-state index in [1.54, 1.807) is 25.3 Å². The SMILES string of the molecule is COc1cccc(N)c1C(=O)N1CCC(C)C(C)C1. The van der Waals surface area contributed by atoms with E-state index in [0.29, 0.717) is 28.8 Å². The van der Waals surface area contributed by atoms with Gasteiger partial charge in [-0.2, -0.15) is 0 Å². The molecule has 0 radical (unpaired) electrons. The molecule has 1 saturated heterocycles. The number of nitrogen functional groups attached to an aromatic ring is 1. The number of nitrogens with two attached hydrogens (primary N) is 1. The van der Waals surface area contributed by atoms with Crippen LogP contribution in [0.5, 0.6) is 5.75 Å². The zero-order valence-corrected chi connectivity index (χ0v) is 11.8. The van der Waals surface area contributed by atoms with Gasteiger partial charge >= 0.3 is 0 Å². The van der Waals surface area contributed by atoms with E-state index in [4.69, 9.17) is 10.5 Å². The number of amides is 1. The van der Waals surface area contributed by atoms with Gasteiger partial charge in [0.25, 0.3) is 5.91 Å². The van der Waals surface area contributed by atoms with Crippen LogP contribution in [0, 0.1) is 11.8 Å². The van der Waals surface area contributed by atoms with Crippen LogP contribution >= 0.6 is 0 Å². The third-order valence-corrected chi connectivity index (χ3v) is 4.11. The summed E-state index contributed by atoms with van der Waals surface area (Å²) >= 11 is 0. The summed E-state index contributed by atoms with van der Waals surface area (Å²) in [6, 6.07) is 5.32. The maximum atomic E-state index is 12.6. The topological polar surface area (TPSA) is 55.6 Å². The van der Waals surface area contributed by atoms with Gasteiger partial charge in [-0.05, 0) is 30.4 Å². The number of likely N-dealkylation sites (tertiary alicyclic amines) is 1. The molecule has 1 aliphatic rings. The smallest absolute Gasteiger partial charge is 0.259 e. The summed E-state index contributed by atoms with van der Waals surface area (Å²) in [6.45, 7) is 6.01. The molecule has 1 heterocycles. The first-order valence-electron chi connectivity index (χ1n) is 6.76. The molecule has 0 saturated carbocycles. The molecule has 4 heteroatoms. The monoisotopic (exact) mass is 262 g/mol. The molecule has 4 nitrogen and oxygen atoms in total. The Morgan fingerprint density at radius 2 is 2.11 bits per heavy atom.